The van der Waals surface area contributed by atoms with Crippen molar-refractivity contribution >= 4 is 32.6 Å². The summed E-state index contributed by atoms with van der Waals surface area (Å²) in [6.45, 7) is 0. The maximum Gasteiger partial charge on any atom is 0.212 e. The van der Waals surface area contributed by atoms with Gasteiger partial charge in [-0.05, 0) is 7.05 Å². The Balaban J connectivity index is 3.76. The molecule has 8 heavy (non-hydrogen) atoms. The topological polar surface area (TPSA) is 46.2 Å². The molecule has 0 spiro atoms. The molecule has 0 rings (SSSR count). The van der Waals surface area contributed by atoms with Crippen molar-refractivity contribution in [2.24, 2.45) is 0 Å². The van der Waals surface area contributed by atoms with E-state index in [1.165, 1.54) is 7.05 Å². The van der Waals surface area contributed by atoms with Crippen LogP contribution < -0.4 is 4.72 Å². The lowest BCUT2D eigenvalue weighted by Gasteiger charge is -1.95. The molecule has 0 atom stereocenters. The van der Waals surface area contributed by atoms with Crippen LogP contribution in [0.4, 0.5) is 0 Å². The lowest BCUT2D eigenvalue weighted by atomic mass is 11.0. The maximum absolute atomic E-state index is 10.5. The normalized spacial score (nSPS) is 11.8. The van der Waals surface area contributed by atoms with Gasteiger partial charge in [0.05, 0.1) is 5.75 Å². The van der Waals surface area contributed by atoms with Crippen LogP contribution in [0.2, 0.25) is 0 Å². The summed E-state index contributed by atoms with van der Waals surface area (Å²) in [5.74, 6) is 0.212. The Morgan fingerprint density at radius 2 is 2.12 bits per heavy atom. The van der Waals surface area contributed by atoms with Crippen molar-refractivity contribution in [3.63, 3.8) is 0 Å². The summed E-state index contributed by atoms with van der Waals surface area (Å²) in [6, 6.07) is 0. The van der Waals surface area contributed by atoms with Gasteiger partial charge in [0, 0.05) is 4.43 Å². The van der Waals surface area contributed by atoms with Crippen LogP contribution in [0.25, 0.3) is 0 Å². The summed E-state index contributed by atoms with van der Waals surface area (Å²) < 4.78 is 23.8. The van der Waals surface area contributed by atoms with Crippen molar-refractivity contribution in [2.45, 2.75) is 0 Å². The Morgan fingerprint density at radius 1 is 1.62 bits per heavy atom. The lowest BCUT2D eigenvalue weighted by molar-refractivity contribution is 0.590. The number of alkyl halides is 1. The van der Waals surface area contributed by atoms with Crippen molar-refractivity contribution < 1.29 is 8.42 Å². The quantitative estimate of drug-likeness (QED) is 0.564. The first-order chi connectivity index (χ1) is 3.62. The predicted molar refractivity (Wildman–Crippen MR) is 41.7 cm³/mol. The standard InChI is InChI=1S/C3H8INO2S/c1-5-8(6,7)3-2-4/h5H,2-3H2,1H3. The fraction of sp³-hybridized carbons (Fsp3) is 1.00. The van der Waals surface area contributed by atoms with Crippen molar-refractivity contribution in [2.75, 3.05) is 17.2 Å². The average Bonchev–Trinajstić information content (AvgIpc) is 1.67. The third-order valence-corrected chi connectivity index (χ3v) is 3.29. The van der Waals surface area contributed by atoms with Gasteiger partial charge in [-0.15, -0.1) is 0 Å². The van der Waals surface area contributed by atoms with Crippen LogP contribution in [0.3, 0.4) is 0 Å². The third kappa shape index (κ3) is 3.62. The van der Waals surface area contributed by atoms with E-state index < -0.39 is 10.0 Å². The Bertz CT molecular complexity index is 141. The summed E-state index contributed by atoms with van der Waals surface area (Å²) >= 11 is 2.02. The van der Waals surface area contributed by atoms with Crippen LogP contribution in [0, 0.1) is 0 Å². The van der Waals surface area contributed by atoms with E-state index in [1.54, 1.807) is 0 Å². The largest absolute Gasteiger partial charge is 0.218 e. The van der Waals surface area contributed by atoms with Gasteiger partial charge in [-0.25, -0.2) is 13.1 Å². The van der Waals surface area contributed by atoms with E-state index in [2.05, 4.69) is 4.72 Å². The molecule has 0 aromatic carbocycles. The first-order valence-electron chi connectivity index (χ1n) is 2.09. The number of hydrogen-bond donors (Lipinski definition) is 1. The molecule has 0 aromatic rings. The number of rotatable bonds is 3. The van der Waals surface area contributed by atoms with Gasteiger partial charge in [0.2, 0.25) is 10.0 Å². The summed E-state index contributed by atoms with van der Waals surface area (Å²) in [4.78, 5) is 0. The molecule has 0 aliphatic heterocycles. The molecule has 5 heteroatoms. The smallest absolute Gasteiger partial charge is 0.212 e. The lowest BCUT2D eigenvalue weighted by Crippen LogP contribution is -2.22. The molecular formula is C3H8INO2S. The highest BCUT2D eigenvalue weighted by Crippen LogP contribution is 1.86. The SMILES string of the molecule is CNS(=O)(=O)CCI. The second-order valence-corrected chi connectivity index (χ2v) is 4.34. The zero-order valence-electron chi connectivity index (χ0n) is 4.52. The van der Waals surface area contributed by atoms with Gasteiger partial charge in [-0.2, -0.15) is 0 Å². The van der Waals surface area contributed by atoms with Crippen molar-refractivity contribution in [3.8, 4) is 0 Å². The van der Waals surface area contributed by atoms with E-state index >= 15 is 0 Å². The molecule has 0 saturated carbocycles. The molecular weight excluding hydrogens is 241 g/mol. The highest BCUT2D eigenvalue weighted by Gasteiger charge is 2.02. The molecule has 0 bridgehead atoms. The summed E-state index contributed by atoms with van der Waals surface area (Å²) in [7, 11) is -1.51. The molecule has 0 aliphatic carbocycles. The van der Waals surface area contributed by atoms with E-state index in [0.717, 1.165) is 0 Å². The minimum atomic E-state index is -2.93. The zero-order valence-corrected chi connectivity index (χ0v) is 7.49. The first-order valence-corrected chi connectivity index (χ1v) is 5.27. The van der Waals surface area contributed by atoms with Crippen LogP contribution in [-0.4, -0.2) is 25.6 Å². The Hall–Kier alpha value is 0.640. The van der Waals surface area contributed by atoms with Crippen LogP contribution in [-0.2, 0) is 10.0 Å². The fourth-order valence-corrected chi connectivity index (χ4v) is 2.35. The van der Waals surface area contributed by atoms with Crippen LogP contribution in [0.5, 0.6) is 0 Å². The first kappa shape index (κ1) is 8.64. The molecule has 0 radical (unpaired) electrons. The third-order valence-electron chi connectivity index (χ3n) is 0.657. The predicted octanol–water partition coefficient (Wildman–Crippen LogP) is -0.0294. The highest BCUT2D eigenvalue weighted by atomic mass is 127. The number of nitrogens with one attached hydrogen (secondary N) is 1. The second kappa shape index (κ2) is 3.62. The number of halogens is 1. The highest BCUT2D eigenvalue weighted by molar-refractivity contribution is 14.1. The molecule has 0 fully saturated rings. The maximum atomic E-state index is 10.5. The molecule has 50 valence electrons. The molecule has 0 amide bonds. The Kier molecular flexibility index (Phi) is 3.91. The Morgan fingerprint density at radius 3 is 2.25 bits per heavy atom. The van der Waals surface area contributed by atoms with E-state index in [-0.39, 0.29) is 5.75 Å². The number of sulfonamides is 1. The van der Waals surface area contributed by atoms with Crippen molar-refractivity contribution in [3.05, 3.63) is 0 Å². The average molecular weight is 249 g/mol. The van der Waals surface area contributed by atoms with Gasteiger partial charge in [0.25, 0.3) is 0 Å². The zero-order chi connectivity index (χ0) is 6.62. The van der Waals surface area contributed by atoms with Gasteiger partial charge in [-0.1, -0.05) is 22.6 Å². The van der Waals surface area contributed by atoms with Crippen LogP contribution >= 0.6 is 22.6 Å². The second-order valence-electron chi connectivity index (χ2n) is 1.21. The van der Waals surface area contributed by atoms with Gasteiger partial charge in [0.1, 0.15) is 0 Å². The minimum Gasteiger partial charge on any atom is -0.218 e. The summed E-state index contributed by atoms with van der Waals surface area (Å²) in [5, 5.41) is 0. The van der Waals surface area contributed by atoms with E-state index in [0.29, 0.717) is 4.43 Å². The Labute approximate surface area is 63.0 Å². The van der Waals surface area contributed by atoms with Gasteiger partial charge >= 0.3 is 0 Å². The number of hydrogen-bond acceptors (Lipinski definition) is 2. The molecule has 3 nitrogen and oxygen atoms in total. The van der Waals surface area contributed by atoms with Gasteiger partial charge < -0.3 is 0 Å². The van der Waals surface area contributed by atoms with Crippen LogP contribution in [0.1, 0.15) is 0 Å². The molecule has 0 saturated heterocycles. The molecule has 0 aromatic heterocycles. The van der Waals surface area contributed by atoms with Gasteiger partial charge in [0.15, 0.2) is 0 Å². The van der Waals surface area contributed by atoms with E-state index in [4.69, 9.17) is 0 Å². The summed E-state index contributed by atoms with van der Waals surface area (Å²) in [6.07, 6.45) is 0. The van der Waals surface area contributed by atoms with Crippen LogP contribution in [0.15, 0.2) is 0 Å². The van der Waals surface area contributed by atoms with Crippen molar-refractivity contribution in [1.29, 1.82) is 0 Å². The molecule has 0 aliphatic rings. The van der Waals surface area contributed by atoms with Gasteiger partial charge in [-0.3, -0.25) is 0 Å². The molecule has 0 unspecified atom stereocenters. The molecule has 0 heterocycles. The van der Waals surface area contributed by atoms with Crippen molar-refractivity contribution in [1.82, 2.24) is 4.72 Å². The summed E-state index contributed by atoms with van der Waals surface area (Å²) in [5.41, 5.74) is 0. The monoisotopic (exact) mass is 249 g/mol. The fourth-order valence-electron chi connectivity index (χ4n) is 0.204. The van der Waals surface area contributed by atoms with E-state index in [1.807, 2.05) is 22.6 Å². The minimum absolute atomic E-state index is 0.212. The molecule has 1 N–H and O–H groups in total. The van der Waals surface area contributed by atoms with E-state index in [9.17, 15) is 8.42 Å².